The Hall–Kier alpha value is -5.12. The average Bonchev–Trinajstić information content (AvgIpc) is 3.58. The van der Waals surface area contributed by atoms with Crippen LogP contribution >= 0.6 is 0 Å². The third kappa shape index (κ3) is 5.17. The van der Waals surface area contributed by atoms with Gasteiger partial charge in [0.15, 0.2) is 0 Å². The molecule has 3 heterocycles. The fourth-order valence-corrected chi connectivity index (χ4v) is 3.81. The van der Waals surface area contributed by atoms with Crippen molar-refractivity contribution < 1.29 is 9.85 Å². The summed E-state index contributed by atoms with van der Waals surface area (Å²) in [6, 6.07) is 17.3. The van der Waals surface area contributed by atoms with E-state index < -0.39 is 9.85 Å². The number of aromatic amines is 3. The van der Waals surface area contributed by atoms with Crippen LogP contribution in [0.2, 0.25) is 0 Å². The van der Waals surface area contributed by atoms with E-state index in [1.165, 1.54) is 29.1 Å². The van der Waals surface area contributed by atoms with Gasteiger partial charge in [-0.1, -0.05) is 6.07 Å². The number of nitro benzene ring substituents is 2. The number of nitrogen functional groups attached to an aromatic ring is 1. The van der Waals surface area contributed by atoms with Crippen LogP contribution in [0.5, 0.6) is 0 Å². The molecule has 0 unspecified atom stereocenters. The Morgan fingerprint density at radius 3 is 1.81 bits per heavy atom. The van der Waals surface area contributed by atoms with Crippen molar-refractivity contribution in [1.82, 2.24) is 15.0 Å². The molecule has 0 fully saturated rings. The van der Waals surface area contributed by atoms with Gasteiger partial charge in [0.25, 0.3) is 11.4 Å². The number of nitrogens with one attached hydrogen (secondary N) is 3. The van der Waals surface area contributed by atoms with Crippen LogP contribution in [0.3, 0.4) is 0 Å². The van der Waals surface area contributed by atoms with E-state index in [9.17, 15) is 20.2 Å². The van der Waals surface area contributed by atoms with Crippen LogP contribution in [0.15, 0.2) is 79.3 Å². The van der Waals surface area contributed by atoms with Crippen LogP contribution in [-0.4, -0.2) is 24.8 Å². The molecule has 182 valence electrons. The van der Waals surface area contributed by atoms with Crippen molar-refractivity contribution >= 4 is 49.8 Å². The minimum absolute atomic E-state index is 0.116. The summed E-state index contributed by atoms with van der Waals surface area (Å²) >= 11 is 0. The summed E-state index contributed by atoms with van der Waals surface area (Å²) in [4.78, 5) is 29.0. The van der Waals surface area contributed by atoms with Crippen LogP contribution in [0.4, 0.5) is 17.1 Å². The quantitative estimate of drug-likeness (QED) is 0.125. The Bertz CT molecular complexity index is 1700. The molecule has 0 amide bonds. The predicted octanol–water partition coefficient (Wildman–Crippen LogP) is 6.52. The number of nitrogens with two attached hydrogens (primary N) is 1. The summed E-state index contributed by atoms with van der Waals surface area (Å²) in [6.07, 6.45) is 5.59. The summed E-state index contributed by atoms with van der Waals surface area (Å²) in [7, 11) is 0. The van der Waals surface area contributed by atoms with Crippen LogP contribution < -0.4 is 5.73 Å². The number of hydrogen-bond acceptors (Lipinski definition) is 5. The number of H-pyrrole nitrogens is 3. The van der Waals surface area contributed by atoms with E-state index in [4.69, 9.17) is 5.73 Å². The monoisotopic (exact) mass is 484 g/mol. The smallest absolute Gasteiger partial charge is 0.271 e. The van der Waals surface area contributed by atoms with Crippen molar-refractivity contribution in [3.63, 3.8) is 0 Å². The summed E-state index contributed by atoms with van der Waals surface area (Å²) in [5, 5.41) is 24.1. The molecule has 0 aliphatic carbocycles. The maximum absolute atomic E-state index is 10.4. The maximum atomic E-state index is 10.4. The molecule has 10 heteroatoms. The van der Waals surface area contributed by atoms with Gasteiger partial charge in [0.2, 0.25) is 0 Å². The van der Waals surface area contributed by atoms with Crippen molar-refractivity contribution in [1.29, 1.82) is 0 Å². The number of non-ortho nitro benzene ring substituents is 2. The normalized spacial score (nSPS) is 10.5. The largest absolute Gasteiger partial charge is 0.399 e. The third-order valence-corrected chi connectivity index (χ3v) is 5.75. The van der Waals surface area contributed by atoms with E-state index in [2.05, 4.69) is 21.9 Å². The van der Waals surface area contributed by atoms with E-state index in [1.54, 1.807) is 24.4 Å². The zero-order valence-corrected chi connectivity index (χ0v) is 19.6. The van der Waals surface area contributed by atoms with Gasteiger partial charge in [0.1, 0.15) is 0 Å². The zero-order valence-electron chi connectivity index (χ0n) is 19.6. The first-order valence-electron chi connectivity index (χ1n) is 11.0. The average molecular weight is 485 g/mol. The molecule has 0 aliphatic heterocycles. The lowest BCUT2D eigenvalue weighted by molar-refractivity contribution is -0.384. The van der Waals surface area contributed by atoms with E-state index >= 15 is 0 Å². The van der Waals surface area contributed by atoms with Crippen molar-refractivity contribution in [2.45, 2.75) is 13.8 Å². The first kappa shape index (κ1) is 24.0. The molecule has 0 radical (unpaired) electrons. The lowest BCUT2D eigenvalue weighted by Gasteiger charge is -1.92. The number of aromatic nitrogens is 3. The number of rotatable bonds is 2. The topological polar surface area (TPSA) is 160 Å². The second-order valence-electron chi connectivity index (χ2n) is 8.24. The number of fused-ring (bicyclic) bond motifs is 3. The SMILES string of the molecule is Cc1c[nH]c2cc(N)ccc12.Cc1c[nH]c2cc([N+](=O)[O-])ccc12.O=[N+]([O-])c1ccc2cc[nH]c2c1. The van der Waals surface area contributed by atoms with Crippen molar-refractivity contribution in [2.24, 2.45) is 0 Å². The summed E-state index contributed by atoms with van der Waals surface area (Å²) in [6.45, 7) is 4.04. The lowest BCUT2D eigenvalue weighted by Crippen LogP contribution is -1.86. The standard InChI is InChI=1S/C9H8N2O2.C9H10N2.C8H6N2O2/c1-6-5-10-9-4-7(11(12)13)2-3-8(6)9;1-6-5-11-9-4-7(10)2-3-8(6)9;11-10(12)7-2-1-6-3-4-9-8(6)5-7/h2-5,10H,1H3;2-5,11H,10H2,1H3;1-5,9H. The highest BCUT2D eigenvalue weighted by Crippen LogP contribution is 2.22. The number of nitro groups is 2. The Balaban J connectivity index is 0.000000127. The van der Waals surface area contributed by atoms with Crippen LogP contribution in [-0.2, 0) is 0 Å². The first-order valence-corrected chi connectivity index (χ1v) is 11.0. The van der Waals surface area contributed by atoms with Crippen molar-refractivity contribution in [2.75, 3.05) is 5.73 Å². The van der Waals surface area contributed by atoms with Gasteiger partial charge in [-0.25, -0.2) is 0 Å². The molecule has 0 saturated carbocycles. The molecule has 0 aliphatic rings. The molecular weight excluding hydrogens is 460 g/mol. The Kier molecular flexibility index (Phi) is 6.68. The van der Waals surface area contributed by atoms with E-state index in [-0.39, 0.29) is 11.4 Å². The summed E-state index contributed by atoms with van der Waals surface area (Å²) in [5.74, 6) is 0. The molecule has 6 aromatic rings. The number of benzene rings is 3. The van der Waals surface area contributed by atoms with Gasteiger partial charge in [-0.3, -0.25) is 20.2 Å². The van der Waals surface area contributed by atoms with E-state index in [0.717, 1.165) is 38.6 Å². The second-order valence-corrected chi connectivity index (χ2v) is 8.24. The fourth-order valence-electron chi connectivity index (χ4n) is 3.81. The minimum Gasteiger partial charge on any atom is -0.399 e. The highest BCUT2D eigenvalue weighted by Gasteiger charge is 2.07. The minimum atomic E-state index is -0.402. The molecule has 3 aromatic heterocycles. The third-order valence-electron chi connectivity index (χ3n) is 5.75. The van der Waals surface area contributed by atoms with Gasteiger partial charge in [-0.05, 0) is 60.7 Å². The maximum Gasteiger partial charge on any atom is 0.271 e. The van der Waals surface area contributed by atoms with Crippen LogP contribution in [0.1, 0.15) is 11.1 Å². The molecule has 0 atom stereocenters. The van der Waals surface area contributed by atoms with E-state index in [0.29, 0.717) is 0 Å². The Labute approximate surface area is 205 Å². The zero-order chi connectivity index (χ0) is 25.8. The highest BCUT2D eigenvalue weighted by atomic mass is 16.6. The molecule has 0 saturated heterocycles. The highest BCUT2D eigenvalue weighted by molar-refractivity contribution is 5.86. The number of aryl methyl sites for hydroxylation is 2. The number of hydrogen-bond donors (Lipinski definition) is 4. The number of anilines is 1. The van der Waals surface area contributed by atoms with Crippen molar-refractivity contribution in [3.05, 3.63) is 111 Å². The predicted molar refractivity (Wildman–Crippen MR) is 142 cm³/mol. The molecule has 6 rings (SSSR count). The summed E-state index contributed by atoms with van der Waals surface area (Å²) in [5.41, 5.74) is 11.7. The molecule has 0 spiro atoms. The Morgan fingerprint density at radius 2 is 1.19 bits per heavy atom. The van der Waals surface area contributed by atoms with Gasteiger partial charge in [0, 0.05) is 64.8 Å². The molecule has 10 nitrogen and oxygen atoms in total. The van der Waals surface area contributed by atoms with Gasteiger partial charge in [-0.2, -0.15) is 0 Å². The molecule has 0 bridgehead atoms. The van der Waals surface area contributed by atoms with Gasteiger partial charge < -0.3 is 20.7 Å². The van der Waals surface area contributed by atoms with Gasteiger partial charge in [0.05, 0.1) is 20.9 Å². The van der Waals surface area contributed by atoms with Crippen LogP contribution in [0.25, 0.3) is 32.7 Å². The molecule has 36 heavy (non-hydrogen) atoms. The van der Waals surface area contributed by atoms with Gasteiger partial charge in [-0.15, -0.1) is 0 Å². The molecular formula is C26H24N6O4. The first-order chi connectivity index (χ1) is 17.2. The summed E-state index contributed by atoms with van der Waals surface area (Å²) < 4.78 is 0. The van der Waals surface area contributed by atoms with Gasteiger partial charge >= 0.3 is 0 Å². The van der Waals surface area contributed by atoms with Crippen LogP contribution in [0, 0.1) is 34.1 Å². The molecule has 3 aromatic carbocycles. The fraction of sp³-hybridized carbons (Fsp3) is 0.0769. The Morgan fingerprint density at radius 1 is 0.667 bits per heavy atom. The van der Waals surface area contributed by atoms with Crippen molar-refractivity contribution in [3.8, 4) is 0 Å². The second kappa shape index (κ2) is 10.0. The van der Waals surface area contributed by atoms with E-state index in [1.807, 2.05) is 43.6 Å². The lowest BCUT2D eigenvalue weighted by atomic mass is 10.2. The number of nitrogens with zero attached hydrogens (tertiary/aromatic N) is 2. The molecule has 5 N–H and O–H groups in total.